The van der Waals surface area contributed by atoms with Crippen molar-refractivity contribution in [3.63, 3.8) is 0 Å². The maximum absolute atomic E-state index is 11.2. The highest BCUT2D eigenvalue weighted by molar-refractivity contribution is 5.79. The van der Waals surface area contributed by atoms with Crippen molar-refractivity contribution in [2.45, 2.75) is 25.3 Å². The van der Waals surface area contributed by atoms with E-state index in [1.54, 1.807) is 0 Å². The average molecular weight is 155 g/mol. The van der Waals surface area contributed by atoms with E-state index < -0.39 is 0 Å². The van der Waals surface area contributed by atoms with Crippen LogP contribution in [0.5, 0.6) is 0 Å². The minimum Gasteiger partial charge on any atom is -0.396 e. The van der Waals surface area contributed by atoms with Gasteiger partial charge in [0.05, 0.1) is 0 Å². The third-order valence-corrected chi connectivity index (χ3v) is 2.84. The SMILES string of the molecule is O=C1C[C@H](CO)[C@H]2CCCN12. The van der Waals surface area contributed by atoms with E-state index in [1.807, 2.05) is 4.90 Å². The third kappa shape index (κ3) is 0.948. The predicted octanol–water partition coefficient (Wildman–Crippen LogP) is -0.0104. The van der Waals surface area contributed by atoms with Crippen LogP contribution in [-0.4, -0.2) is 35.1 Å². The molecule has 2 heterocycles. The molecule has 0 saturated carbocycles. The summed E-state index contributed by atoms with van der Waals surface area (Å²) in [5.74, 6) is 0.469. The summed E-state index contributed by atoms with van der Waals surface area (Å²) < 4.78 is 0. The van der Waals surface area contributed by atoms with E-state index in [-0.39, 0.29) is 18.4 Å². The monoisotopic (exact) mass is 155 g/mol. The van der Waals surface area contributed by atoms with Gasteiger partial charge < -0.3 is 10.0 Å². The van der Waals surface area contributed by atoms with Crippen LogP contribution in [0, 0.1) is 5.92 Å². The van der Waals surface area contributed by atoms with Crippen LogP contribution in [0.2, 0.25) is 0 Å². The molecule has 0 aromatic rings. The zero-order chi connectivity index (χ0) is 7.84. The van der Waals surface area contributed by atoms with Gasteiger partial charge in [-0.25, -0.2) is 0 Å². The molecule has 1 amide bonds. The molecule has 2 aliphatic rings. The molecule has 0 bridgehead atoms. The third-order valence-electron chi connectivity index (χ3n) is 2.84. The molecule has 0 aromatic heterocycles. The second kappa shape index (κ2) is 2.48. The topological polar surface area (TPSA) is 40.5 Å². The van der Waals surface area contributed by atoms with E-state index in [1.165, 1.54) is 0 Å². The van der Waals surface area contributed by atoms with Crippen LogP contribution in [-0.2, 0) is 4.79 Å². The summed E-state index contributed by atoms with van der Waals surface area (Å²) in [5, 5.41) is 8.95. The van der Waals surface area contributed by atoms with Crippen molar-refractivity contribution in [2.24, 2.45) is 5.92 Å². The Morgan fingerprint density at radius 3 is 3.18 bits per heavy atom. The normalized spacial score (nSPS) is 36.5. The molecule has 2 rings (SSSR count). The van der Waals surface area contributed by atoms with Crippen LogP contribution in [0.1, 0.15) is 19.3 Å². The molecular weight excluding hydrogens is 142 g/mol. The Hall–Kier alpha value is -0.570. The predicted molar refractivity (Wildman–Crippen MR) is 39.9 cm³/mol. The molecule has 2 saturated heterocycles. The fourth-order valence-electron chi connectivity index (χ4n) is 2.26. The molecule has 2 fully saturated rings. The molecular formula is C8H13NO2. The van der Waals surface area contributed by atoms with E-state index in [4.69, 9.17) is 5.11 Å². The van der Waals surface area contributed by atoms with Crippen molar-refractivity contribution in [1.29, 1.82) is 0 Å². The number of hydrogen-bond acceptors (Lipinski definition) is 2. The minimum atomic E-state index is 0.174. The van der Waals surface area contributed by atoms with Crippen molar-refractivity contribution in [3.05, 3.63) is 0 Å². The number of aliphatic hydroxyl groups excluding tert-OH is 1. The fourth-order valence-corrected chi connectivity index (χ4v) is 2.26. The van der Waals surface area contributed by atoms with Gasteiger partial charge in [-0.1, -0.05) is 0 Å². The lowest BCUT2D eigenvalue weighted by Gasteiger charge is -2.17. The summed E-state index contributed by atoms with van der Waals surface area (Å²) >= 11 is 0. The summed E-state index contributed by atoms with van der Waals surface area (Å²) in [7, 11) is 0. The molecule has 1 N–H and O–H groups in total. The number of amides is 1. The number of carbonyl (C=O) groups is 1. The van der Waals surface area contributed by atoms with Gasteiger partial charge >= 0.3 is 0 Å². The maximum atomic E-state index is 11.2. The zero-order valence-electron chi connectivity index (χ0n) is 6.49. The standard InChI is InChI=1S/C8H13NO2/c10-5-6-4-8(11)9-3-1-2-7(6)9/h6-7,10H,1-5H2/t6-,7-/m1/s1. The number of aliphatic hydroxyl groups is 1. The highest BCUT2D eigenvalue weighted by Crippen LogP contribution is 2.32. The Morgan fingerprint density at radius 1 is 1.64 bits per heavy atom. The Morgan fingerprint density at radius 2 is 2.45 bits per heavy atom. The molecule has 2 atom stereocenters. The Kier molecular flexibility index (Phi) is 1.60. The van der Waals surface area contributed by atoms with Crippen LogP contribution in [0.15, 0.2) is 0 Å². The first-order valence-electron chi connectivity index (χ1n) is 4.23. The van der Waals surface area contributed by atoms with Crippen molar-refractivity contribution in [3.8, 4) is 0 Å². The van der Waals surface area contributed by atoms with Gasteiger partial charge in [-0.2, -0.15) is 0 Å². The number of carbonyl (C=O) groups excluding carboxylic acids is 1. The lowest BCUT2D eigenvalue weighted by atomic mass is 10.00. The molecule has 0 aliphatic carbocycles. The molecule has 62 valence electrons. The first-order chi connectivity index (χ1) is 5.33. The summed E-state index contributed by atoms with van der Waals surface area (Å²) in [6, 6.07) is 0.368. The number of fused-ring (bicyclic) bond motifs is 1. The van der Waals surface area contributed by atoms with Crippen LogP contribution < -0.4 is 0 Å². The van der Waals surface area contributed by atoms with Crippen molar-refractivity contribution >= 4 is 5.91 Å². The second-order valence-corrected chi connectivity index (χ2v) is 3.44. The van der Waals surface area contributed by atoms with Gasteiger partial charge in [0.15, 0.2) is 0 Å². The van der Waals surface area contributed by atoms with Crippen LogP contribution in [0.25, 0.3) is 0 Å². The molecule has 0 unspecified atom stereocenters. The fraction of sp³-hybridized carbons (Fsp3) is 0.875. The highest BCUT2D eigenvalue weighted by atomic mass is 16.3. The smallest absolute Gasteiger partial charge is 0.223 e. The first-order valence-corrected chi connectivity index (χ1v) is 4.23. The molecule has 3 nitrogen and oxygen atoms in total. The number of hydrogen-bond donors (Lipinski definition) is 1. The highest BCUT2D eigenvalue weighted by Gasteiger charge is 2.41. The molecule has 0 aromatic carbocycles. The summed E-state index contributed by atoms with van der Waals surface area (Å²) in [4.78, 5) is 13.2. The Bertz CT molecular complexity index is 181. The first kappa shape index (κ1) is 7.10. The van der Waals surface area contributed by atoms with Crippen LogP contribution in [0.3, 0.4) is 0 Å². The molecule has 2 aliphatic heterocycles. The minimum absolute atomic E-state index is 0.174. The van der Waals surface area contributed by atoms with Gasteiger partial charge in [0.25, 0.3) is 0 Å². The van der Waals surface area contributed by atoms with Crippen molar-refractivity contribution in [2.75, 3.05) is 13.2 Å². The van der Waals surface area contributed by atoms with Gasteiger partial charge in [0.1, 0.15) is 0 Å². The Balaban J connectivity index is 2.13. The number of rotatable bonds is 1. The van der Waals surface area contributed by atoms with E-state index >= 15 is 0 Å². The van der Waals surface area contributed by atoms with E-state index in [2.05, 4.69) is 0 Å². The van der Waals surface area contributed by atoms with Crippen LogP contribution in [0.4, 0.5) is 0 Å². The quantitative estimate of drug-likeness (QED) is 0.578. The summed E-state index contributed by atoms with van der Waals surface area (Å²) in [6.07, 6.45) is 2.78. The van der Waals surface area contributed by atoms with E-state index in [0.717, 1.165) is 19.4 Å². The molecule has 3 heteroatoms. The lowest BCUT2D eigenvalue weighted by molar-refractivity contribution is -0.127. The van der Waals surface area contributed by atoms with Gasteiger partial charge in [-0.3, -0.25) is 4.79 Å². The van der Waals surface area contributed by atoms with E-state index in [0.29, 0.717) is 12.5 Å². The van der Waals surface area contributed by atoms with E-state index in [9.17, 15) is 4.79 Å². The largest absolute Gasteiger partial charge is 0.396 e. The lowest BCUT2D eigenvalue weighted by Crippen LogP contribution is -2.29. The number of nitrogens with zero attached hydrogens (tertiary/aromatic N) is 1. The summed E-state index contributed by atoms with van der Waals surface area (Å²) in [6.45, 7) is 1.09. The zero-order valence-corrected chi connectivity index (χ0v) is 6.49. The average Bonchev–Trinajstić information content (AvgIpc) is 2.54. The van der Waals surface area contributed by atoms with Crippen molar-refractivity contribution in [1.82, 2.24) is 4.90 Å². The molecule has 0 spiro atoms. The van der Waals surface area contributed by atoms with Gasteiger partial charge in [0, 0.05) is 31.5 Å². The maximum Gasteiger partial charge on any atom is 0.223 e. The van der Waals surface area contributed by atoms with Crippen molar-refractivity contribution < 1.29 is 9.90 Å². The van der Waals surface area contributed by atoms with Gasteiger partial charge in [0.2, 0.25) is 5.91 Å². The molecule has 0 radical (unpaired) electrons. The van der Waals surface area contributed by atoms with Gasteiger partial charge in [-0.05, 0) is 12.8 Å². The second-order valence-electron chi connectivity index (χ2n) is 3.44. The summed E-state index contributed by atoms with van der Waals surface area (Å²) in [5.41, 5.74) is 0. The van der Waals surface area contributed by atoms with Gasteiger partial charge in [-0.15, -0.1) is 0 Å². The Labute approximate surface area is 66.0 Å². The molecule has 11 heavy (non-hydrogen) atoms. The van der Waals surface area contributed by atoms with Crippen LogP contribution >= 0.6 is 0 Å².